The molecule has 15 nitrogen and oxygen atoms in total. The number of amides is 3. The lowest BCUT2D eigenvalue weighted by atomic mass is 9.46. The molecule has 5 N–H and O–H groups in total. The molecule has 3 amide bonds. The molecule has 2 bridgehead atoms. The van der Waals surface area contributed by atoms with Crippen LogP contribution in [0.25, 0.3) is 0 Å². The van der Waals surface area contributed by atoms with E-state index in [1.54, 1.807) is 53.7 Å². The van der Waals surface area contributed by atoms with E-state index in [2.05, 4.69) is 35.0 Å². The monoisotopic (exact) mass is 944 g/mol. The molecule has 1 heterocycles. The minimum Gasteiger partial charge on any atom is -0.460 e. The number of alkyl carbamates (subject to hydrolysis) is 1. The van der Waals surface area contributed by atoms with E-state index >= 15 is 0 Å². The van der Waals surface area contributed by atoms with Gasteiger partial charge in [-0.2, -0.15) is 0 Å². The number of carbonyl (C=O) groups excluding carboxylic acids is 6. The van der Waals surface area contributed by atoms with E-state index in [4.69, 9.17) is 18.9 Å². The van der Waals surface area contributed by atoms with Gasteiger partial charge in [0.2, 0.25) is 11.8 Å². The molecule has 372 valence electrons. The molecule has 0 unspecified atom stereocenters. The number of benzene rings is 1. The molecule has 1 aliphatic heterocycles. The number of carbonyl (C=O) groups is 6. The van der Waals surface area contributed by atoms with Crippen LogP contribution in [0.3, 0.4) is 0 Å². The van der Waals surface area contributed by atoms with Crippen LogP contribution in [0.1, 0.15) is 150 Å². The Morgan fingerprint density at radius 3 is 2.22 bits per heavy atom. The summed E-state index contributed by atoms with van der Waals surface area (Å²) < 4.78 is 24.3. The molecule has 9 rings (SSSR count). The Morgan fingerprint density at radius 2 is 1.59 bits per heavy atom. The summed E-state index contributed by atoms with van der Waals surface area (Å²) in [5, 5.41) is 30.9. The van der Waals surface area contributed by atoms with Crippen LogP contribution in [0.4, 0.5) is 4.79 Å². The van der Waals surface area contributed by atoms with Crippen molar-refractivity contribution in [3.8, 4) is 0 Å². The van der Waals surface area contributed by atoms with E-state index in [9.17, 15) is 39.0 Å². The number of ether oxygens (including phenoxy) is 4. The van der Waals surface area contributed by atoms with Crippen molar-refractivity contribution in [2.75, 3.05) is 13.2 Å². The van der Waals surface area contributed by atoms with Gasteiger partial charge in [0.25, 0.3) is 0 Å². The summed E-state index contributed by atoms with van der Waals surface area (Å²) in [6.07, 6.45) is 10.6. The van der Waals surface area contributed by atoms with E-state index in [0.717, 1.165) is 74.5 Å². The second-order valence-corrected chi connectivity index (χ2v) is 23.6. The SMILES string of the molecule is CC(C)(C)OC(=O)CC[C@H](NC(=O)CNC(=O)OC(C)(C)C)C(=O)NC12CCC(Cc3ccc([C@@H]4O[C@@H]5C[C@H]6[C@@H]7CCC8=CC(=O)C=C[C@]8(C)[C@H]7[C@@H](O)C[C@]6(C)[C@]5(C(=O)CO)O4)cc3)(CC1)CC2. The van der Waals surface area contributed by atoms with E-state index in [-0.39, 0.29) is 47.7 Å². The molecular formula is C53H73N3O12. The van der Waals surface area contributed by atoms with Crippen molar-refractivity contribution in [1.29, 1.82) is 0 Å². The van der Waals surface area contributed by atoms with Crippen molar-refractivity contribution < 1.29 is 57.9 Å². The lowest BCUT2D eigenvalue weighted by Crippen LogP contribution is -2.63. The summed E-state index contributed by atoms with van der Waals surface area (Å²) in [6, 6.07) is 7.15. The van der Waals surface area contributed by atoms with Crippen LogP contribution in [0, 0.1) is 34.0 Å². The molecule has 0 radical (unpaired) electrons. The topological polar surface area (TPSA) is 216 Å². The third kappa shape index (κ3) is 9.45. The molecule has 1 saturated heterocycles. The maximum Gasteiger partial charge on any atom is 0.408 e. The number of fused-ring (bicyclic) bond motifs is 10. The molecule has 1 aromatic rings. The van der Waals surface area contributed by atoms with Crippen LogP contribution in [0.5, 0.6) is 0 Å². The van der Waals surface area contributed by atoms with Gasteiger partial charge in [0.05, 0.1) is 12.2 Å². The fourth-order valence-electron chi connectivity index (χ4n) is 13.8. The van der Waals surface area contributed by atoms with Crippen molar-refractivity contribution in [2.24, 2.45) is 34.0 Å². The highest BCUT2D eigenvalue weighted by Crippen LogP contribution is 2.70. The predicted molar refractivity (Wildman–Crippen MR) is 249 cm³/mol. The van der Waals surface area contributed by atoms with Gasteiger partial charge in [0.15, 0.2) is 23.5 Å². The number of hydrogen-bond acceptors (Lipinski definition) is 12. The summed E-state index contributed by atoms with van der Waals surface area (Å²) in [4.78, 5) is 78.2. The minimum atomic E-state index is -1.43. The van der Waals surface area contributed by atoms with Crippen LogP contribution in [0.15, 0.2) is 48.1 Å². The number of Topliss-reactive ketones (excluding diaryl/α,β-unsaturated/α-hetero) is 1. The minimum absolute atomic E-state index is 0.00711. The maximum absolute atomic E-state index is 14.1. The molecule has 10 atom stereocenters. The molecule has 1 aromatic carbocycles. The highest BCUT2D eigenvalue weighted by Gasteiger charge is 2.76. The second-order valence-electron chi connectivity index (χ2n) is 23.6. The molecule has 68 heavy (non-hydrogen) atoms. The van der Waals surface area contributed by atoms with Gasteiger partial charge in [-0.25, -0.2) is 4.79 Å². The molecule has 15 heteroatoms. The Hall–Kier alpha value is -4.44. The molecule has 7 fully saturated rings. The van der Waals surface area contributed by atoms with Gasteiger partial charge in [-0.1, -0.05) is 49.8 Å². The standard InChI is InChI=1S/C53H73N3O12/c1-47(2,3)66-42(62)16-15-37(55-41(61)29-54-46(64)68-48(4,5)6)44(63)56-52-22-19-51(20-23-52,21-24-52)27-31-9-11-32(12-10-31)45-65-40-26-36-35-14-13-33-25-34(58)17-18-49(33,7)43(35)38(59)28-50(36,8)53(40,67-45)39(60)30-57/h9-12,17-18,25,35-38,40,43,45,57,59H,13-16,19-24,26-30H2,1-8H3,(H,54,64)(H,55,61)(H,56,63)/t35-,36-,37-,38-,40+,43+,45+,49-,50-,51?,52?,53+/m0/s1. The summed E-state index contributed by atoms with van der Waals surface area (Å²) in [7, 11) is 0. The van der Waals surface area contributed by atoms with Crippen LogP contribution in [0.2, 0.25) is 0 Å². The highest BCUT2D eigenvalue weighted by atomic mass is 16.7. The van der Waals surface area contributed by atoms with Gasteiger partial charge in [-0.15, -0.1) is 0 Å². The van der Waals surface area contributed by atoms with E-state index < -0.39 is 94.6 Å². The summed E-state index contributed by atoms with van der Waals surface area (Å²) in [6.45, 7) is 13.5. The Bertz CT molecular complexity index is 2220. The van der Waals surface area contributed by atoms with Gasteiger partial charge in [-0.05, 0) is 154 Å². The van der Waals surface area contributed by atoms with E-state index in [1.807, 2.05) is 25.1 Å². The zero-order chi connectivity index (χ0) is 49.2. The van der Waals surface area contributed by atoms with Crippen LogP contribution in [-0.2, 0) is 49.3 Å². The van der Waals surface area contributed by atoms with Gasteiger partial charge in [0.1, 0.15) is 30.4 Å². The van der Waals surface area contributed by atoms with Crippen molar-refractivity contribution in [2.45, 2.75) is 186 Å². The number of allylic oxidation sites excluding steroid dienone is 4. The first-order valence-corrected chi connectivity index (χ1v) is 24.8. The normalized spacial score (nSPS) is 36.3. The first-order valence-electron chi connectivity index (χ1n) is 24.8. The number of aliphatic hydroxyl groups excluding tert-OH is 2. The fourth-order valence-corrected chi connectivity index (χ4v) is 13.8. The average Bonchev–Trinajstić information content (AvgIpc) is 3.76. The van der Waals surface area contributed by atoms with Crippen LogP contribution >= 0.6 is 0 Å². The first kappa shape index (κ1) is 50.0. The third-order valence-electron chi connectivity index (χ3n) is 16.9. The van der Waals surface area contributed by atoms with Gasteiger partial charge in [0, 0.05) is 34.3 Å². The van der Waals surface area contributed by atoms with Gasteiger partial charge >= 0.3 is 12.1 Å². The van der Waals surface area contributed by atoms with Crippen molar-refractivity contribution >= 4 is 35.4 Å². The highest BCUT2D eigenvalue weighted by molar-refractivity contribution is 6.01. The smallest absolute Gasteiger partial charge is 0.408 e. The third-order valence-corrected chi connectivity index (χ3v) is 16.9. The Morgan fingerprint density at radius 1 is 0.926 bits per heavy atom. The quantitative estimate of drug-likeness (QED) is 0.140. The zero-order valence-electron chi connectivity index (χ0n) is 41.2. The largest absolute Gasteiger partial charge is 0.460 e. The molecule has 7 aliphatic carbocycles. The van der Waals surface area contributed by atoms with Gasteiger partial charge in [-0.3, -0.25) is 24.0 Å². The summed E-state index contributed by atoms with van der Waals surface area (Å²) in [5.41, 5.74) is -1.54. The predicted octanol–water partition coefficient (Wildman–Crippen LogP) is 6.17. The molecular weight excluding hydrogens is 871 g/mol. The van der Waals surface area contributed by atoms with E-state index in [1.165, 1.54) is 0 Å². The summed E-state index contributed by atoms with van der Waals surface area (Å²) >= 11 is 0. The number of aliphatic hydroxyl groups is 2. The fraction of sp³-hybridized carbons (Fsp3) is 0.698. The lowest BCUT2D eigenvalue weighted by Gasteiger charge is -2.59. The molecule has 0 spiro atoms. The lowest BCUT2D eigenvalue weighted by molar-refractivity contribution is -0.201. The van der Waals surface area contributed by atoms with Crippen LogP contribution in [-0.4, -0.2) is 99.4 Å². The van der Waals surface area contributed by atoms with Crippen molar-refractivity contribution in [3.05, 3.63) is 59.2 Å². The first-order chi connectivity index (χ1) is 31.8. The van der Waals surface area contributed by atoms with E-state index in [0.29, 0.717) is 12.8 Å². The van der Waals surface area contributed by atoms with Crippen LogP contribution < -0.4 is 16.0 Å². The summed E-state index contributed by atoms with van der Waals surface area (Å²) in [5.74, 6) is -1.93. The number of nitrogens with one attached hydrogen (secondary N) is 3. The number of ketones is 2. The van der Waals surface area contributed by atoms with Gasteiger partial charge < -0.3 is 45.1 Å². The molecule has 8 aliphatic rings. The molecule has 0 aromatic heterocycles. The number of esters is 1. The number of hydrogen-bond donors (Lipinski definition) is 5. The average molecular weight is 944 g/mol. The van der Waals surface area contributed by atoms with Crippen molar-refractivity contribution in [1.82, 2.24) is 16.0 Å². The Balaban J connectivity index is 0.892. The zero-order valence-corrected chi connectivity index (χ0v) is 41.2. The van der Waals surface area contributed by atoms with Crippen molar-refractivity contribution in [3.63, 3.8) is 0 Å². The molecule has 6 saturated carbocycles. The Labute approximate surface area is 400 Å². The number of rotatable bonds is 13. The maximum atomic E-state index is 14.1. The Kier molecular flexibility index (Phi) is 13.3. The second kappa shape index (κ2) is 18.1.